The number of H-pyrrole nitrogens is 1. The molecule has 2 aromatic heterocycles. The lowest BCUT2D eigenvalue weighted by atomic mass is 10.4. The molecule has 0 bridgehead atoms. The summed E-state index contributed by atoms with van der Waals surface area (Å²) in [6, 6.07) is 1.96. The first kappa shape index (κ1) is 7.49. The van der Waals surface area contributed by atoms with Crippen molar-refractivity contribution in [3.05, 3.63) is 23.2 Å². The van der Waals surface area contributed by atoms with Crippen molar-refractivity contribution in [1.29, 1.82) is 0 Å². The normalized spacial score (nSPS) is 10.8. The molecule has 62 valence electrons. The molecule has 0 spiro atoms. The van der Waals surface area contributed by atoms with Crippen LogP contribution < -0.4 is 0 Å². The molecule has 0 amide bonds. The van der Waals surface area contributed by atoms with Gasteiger partial charge in [0.2, 0.25) is 0 Å². The van der Waals surface area contributed by atoms with E-state index < -0.39 is 0 Å². The van der Waals surface area contributed by atoms with Crippen LogP contribution >= 0.6 is 12.2 Å². The third-order valence-electron chi connectivity index (χ3n) is 1.89. The molecular formula is C8H9N3S. The first-order chi connectivity index (χ1) is 5.83. The maximum absolute atomic E-state index is 5.13. The highest BCUT2D eigenvalue weighted by molar-refractivity contribution is 7.71. The molecule has 3 nitrogen and oxygen atoms in total. The maximum Gasteiger partial charge on any atom is 0.178 e. The fraction of sp³-hybridized carbons (Fsp3) is 0.250. The molecule has 12 heavy (non-hydrogen) atoms. The van der Waals surface area contributed by atoms with Crippen molar-refractivity contribution in [3.63, 3.8) is 0 Å². The summed E-state index contributed by atoms with van der Waals surface area (Å²) < 4.78 is 2.81. The molecule has 2 aromatic rings. The van der Waals surface area contributed by atoms with Crippen LogP contribution in [-0.2, 0) is 6.54 Å². The second-order valence-electron chi connectivity index (χ2n) is 2.57. The number of hydrogen-bond donors (Lipinski definition) is 1. The Morgan fingerprint density at radius 2 is 2.50 bits per heavy atom. The monoisotopic (exact) mass is 179 g/mol. The molecule has 0 aromatic carbocycles. The van der Waals surface area contributed by atoms with Crippen molar-refractivity contribution >= 4 is 23.3 Å². The molecule has 0 aliphatic carbocycles. The van der Waals surface area contributed by atoms with E-state index in [1.54, 1.807) is 12.4 Å². The topological polar surface area (TPSA) is 33.6 Å². The molecule has 1 N–H and O–H groups in total. The number of hydrogen-bond acceptors (Lipinski definition) is 2. The van der Waals surface area contributed by atoms with Gasteiger partial charge in [-0.1, -0.05) is 0 Å². The van der Waals surface area contributed by atoms with Gasteiger partial charge in [-0.15, -0.1) is 0 Å². The second-order valence-corrected chi connectivity index (χ2v) is 2.95. The van der Waals surface area contributed by atoms with Crippen molar-refractivity contribution in [2.24, 2.45) is 0 Å². The SMILES string of the molecule is CCn1c(=S)[nH]c2cnccc21. The standard InChI is InChI=1S/C8H9N3S/c1-2-11-7-3-4-9-5-6(7)10-8(11)12/h3-5H,2H2,1H3,(H,10,12). The van der Waals surface area contributed by atoms with Crippen LogP contribution in [-0.4, -0.2) is 14.5 Å². The van der Waals surface area contributed by atoms with E-state index in [-0.39, 0.29) is 0 Å². The van der Waals surface area contributed by atoms with Crippen molar-refractivity contribution in [1.82, 2.24) is 14.5 Å². The van der Waals surface area contributed by atoms with Gasteiger partial charge in [-0.25, -0.2) is 0 Å². The Bertz CT molecular complexity index is 455. The number of pyridine rings is 1. The summed E-state index contributed by atoms with van der Waals surface area (Å²) in [5.74, 6) is 0. The third-order valence-corrected chi connectivity index (χ3v) is 2.21. The Labute approximate surface area is 75.1 Å². The van der Waals surface area contributed by atoms with Crippen molar-refractivity contribution < 1.29 is 0 Å². The maximum atomic E-state index is 5.13. The quantitative estimate of drug-likeness (QED) is 0.680. The smallest absolute Gasteiger partial charge is 0.178 e. The molecule has 0 saturated carbocycles. The zero-order valence-electron chi connectivity index (χ0n) is 6.74. The van der Waals surface area contributed by atoms with E-state index in [1.807, 2.05) is 10.6 Å². The second kappa shape index (κ2) is 2.71. The lowest BCUT2D eigenvalue weighted by Crippen LogP contribution is -1.92. The van der Waals surface area contributed by atoms with Gasteiger partial charge in [0.1, 0.15) is 0 Å². The molecule has 0 radical (unpaired) electrons. The van der Waals surface area contributed by atoms with E-state index in [2.05, 4.69) is 16.9 Å². The summed E-state index contributed by atoms with van der Waals surface area (Å²) in [6.07, 6.45) is 3.56. The first-order valence-electron chi connectivity index (χ1n) is 3.85. The minimum absolute atomic E-state index is 0.764. The van der Waals surface area contributed by atoms with E-state index in [0.29, 0.717) is 0 Å². The van der Waals surface area contributed by atoms with Crippen LogP contribution in [0.2, 0.25) is 0 Å². The van der Waals surface area contributed by atoms with Crippen LogP contribution in [0.5, 0.6) is 0 Å². The van der Waals surface area contributed by atoms with E-state index in [4.69, 9.17) is 12.2 Å². The van der Waals surface area contributed by atoms with E-state index in [1.165, 1.54) is 0 Å². The van der Waals surface area contributed by atoms with Gasteiger partial charge in [0.05, 0.1) is 17.2 Å². The van der Waals surface area contributed by atoms with Crippen molar-refractivity contribution in [2.75, 3.05) is 0 Å². The van der Waals surface area contributed by atoms with E-state index in [9.17, 15) is 0 Å². The minimum Gasteiger partial charge on any atom is -0.329 e. The molecular weight excluding hydrogens is 170 g/mol. The Balaban J connectivity index is 2.91. The summed E-state index contributed by atoms with van der Waals surface area (Å²) in [5.41, 5.74) is 2.13. The van der Waals surface area contributed by atoms with Crippen molar-refractivity contribution in [2.45, 2.75) is 13.5 Å². The Kier molecular flexibility index (Phi) is 1.69. The number of nitrogens with one attached hydrogen (secondary N) is 1. The van der Waals surface area contributed by atoms with Crippen LogP contribution in [0, 0.1) is 4.77 Å². The molecule has 4 heteroatoms. The molecule has 0 fully saturated rings. The van der Waals surface area contributed by atoms with Crippen LogP contribution in [0.4, 0.5) is 0 Å². The van der Waals surface area contributed by atoms with Gasteiger partial charge in [0.15, 0.2) is 4.77 Å². The first-order valence-corrected chi connectivity index (χ1v) is 4.26. The molecule has 0 atom stereocenters. The van der Waals surface area contributed by atoms with Crippen LogP contribution in [0.15, 0.2) is 18.5 Å². The Hall–Kier alpha value is -1.16. The molecule has 0 aliphatic heterocycles. The highest BCUT2D eigenvalue weighted by Crippen LogP contribution is 2.11. The minimum atomic E-state index is 0.764. The number of aryl methyl sites for hydroxylation is 1. The highest BCUT2D eigenvalue weighted by Gasteiger charge is 1.99. The van der Waals surface area contributed by atoms with Crippen LogP contribution in [0.1, 0.15) is 6.92 Å². The Morgan fingerprint density at radius 3 is 3.25 bits per heavy atom. The average Bonchev–Trinajstić information content (AvgIpc) is 2.40. The van der Waals surface area contributed by atoms with Gasteiger partial charge >= 0.3 is 0 Å². The number of imidazole rings is 1. The summed E-state index contributed by atoms with van der Waals surface area (Å²) in [6.45, 7) is 2.96. The fourth-order valence-corrected chi connectivity index (χ4v) is 1.66. The van der Waals surface area contributed by atoms with Crippen LogP contribution in [0.25, 0.3) is 11.0 Å². The highest BCUT2D eigenvalue weighted by atomic mass is 32.1. The fourth-order valence-electron chi connectivity index (χ4n) is 1.32. The van der Waals surface area contributed by atoms with E-state index in [0.717, 1.165) is 22.3 Å². The number of aromatic nitrogens is 3. The van der Waals surface area contributed by atoms with Gasteiger partial charge in [-0.05, 0) is 25.2 Å². The van der Waals surface area contributed by atoms with Gasteiger partial charge in [-0.3, -0.25) is 4.98 Å². The van der Waals surface area contributed by atoms with Gasteiger partial charge in [0, 0.05) is 12.7 Å². The van der Waals surface area contributed by atoms with Crippen LogP contribution in [0.3, 0.4) is 0 Å². The summed E-state index contributed by atoms with van der Waals surface area (Å²) in [4.78, 5) is 7.10. The zero-order valence-corrected chi connectivity index (χ0v) is 7.56. The van der Waals surface area contributed by atoms with Gasteiger partial charge in [0.25, 0.3) is 0 Å². The lowest BCUT2D eigenvalue weighted by Gasteiger charge is -1.96. The van der Waals surface area contributed by atoms with Gasteiger partial charge in [-0.2, -0.15) is 0 Å². The number of fused-ring (bicyclic) bond motifs is 1. The van der Waals surface area contributed by atoms with E-state index >= 15 is 0 Å². The number of rotatable bonds is 1. The largest absolute Gasteiger partial charge is 0.329 e. The predicted octanol–water partition coefficient (Wildman–Crippen LogP) is 2.11. The Morgan fingerprint density at radius 1 is 1.67 bits per heavy atom. The molecule has 0 saturated heterocycles. The molecule has 0 unspecified atom stereocenters. The summed E-state index contributed by atoms with van der Waals surface area (Å²) in [5, 5.41) is 0. The third kappa shape index (κ3) is 0.956. The lowest BCUT2D eigenvalue weighted by molar-refractivity contribution is 0.774. The summed E-state index contributed by atoms with van der Waals surface area (Å²) >= 11 is 5.13. The van der Waals surface area contributed by atoms with Gasteiger partial charge < -0.3 is 9.55 Å². The van der Waals surface area contributed by atoms with Crippen molar-refractivity contribution in [3.8, 4) is 0 Å². The average molecular weight is 179 g/mol. The zero-order chi connectivity index (χ0) is 8.55. The predicted molar refractivity (Wildman–Crippen MR) is 50.6 cm³/mol. The molecule has 2 heterocycles. The number of aromatic amines is 1. The number of nitrogens with zero attached hydrogens (tertiary/aromatic N) is 2. The molecule has 0 aliphatic rings. The summed E-state index contributed by atoms with van der Waals surface area (Å²) in [7, 11) is 0. The molecule has 2 rings (SSSR count).